The van der Waals surface area contributed by atoms with Crippen molar-refractivity contribution in [2.75, 3.05) is 6.54 Å². The molecule has 21 heavy (non-hydrogen) atoms. The monoisotopic (exact) mass is 310 g/mol. The summed E-state index contributed by atoms with van der Waals surface area (Å²) in [4.78, 5) is 22.8. The first-order valence-corrected chi connectivity index (χ1v) is 8.20. The highest BCUT2D eigenvalue weighted by molar-refractivity contribution is 7.89. The fourth-order valence-corrected chi connectivity index (χ4v) is 4.14. The summed E-state index contributed by atoms with van der Waals surface area (Å²) in [6.45, 7) is 1.70. The zero-order valence-corrected chi connectivity index (χ0v) is 12.6. The van der Waals surface area contributed by atoms with Crippen LogP contribution in [0.1, 0.15) is 36.5 Å². The number of primary amides is 1. The van der Waals surface area contributed by atoms with E-state index in [1.807, 2.05) is 0 Å². The van der Waals surface area contributed by atoms with Crippen molar-refractivity contribution in [3.63, 3.8) is 0 Å². The van der Waals surface area contributed by atoms with Gasteiger partial charge in [0.05, 0.1) is 4.90 Å². The van der Waals surface area contributed by atoms with Gasteiger partial charge >= 0.3 is 0 Å². The number of ketones is 1. The molecule has 1 aliphatic rings. The minimum absolute atomic E-state index is 0.0700. The molecule has 1 aromatic carbocycles. The van der Waals surface area contributed by atoms with E-state index in [-0.39, 0.29) is 17.2 Å². The third kappa shape index (κ3) is 3.14. The van der Waals surface area contributed by atoms with E-state index in [1.54, 1.807) is 0 Å². The number of hydrogen-bond donors (Lipinski definition) is 1. The van der Waals surface area contributed by atoms with E-state index in [0.717, 1.165) is 6.42 Å². The highest BCUT2D eigenvalue weighted by Gasteiger charge is 2.36. The van der Waals surface area contributed by atoms with E-state index >= 15 is 0 Å². The van der Waals surface area contributed by atoms with Gasteiger partial charge < -0.3 is 5.73 Å². The molecule has 0 spiro atoms. The Balaban J connectivity index is 2.35. The number of sulfonamides is 1. The smallest absolute Gasteiger partial charge is 0.243 e. The molecule has 7 heteroatoms. The zero-order chi connectivity index (χ0) is 15.6. The quantitative estimate of drug-likeness (QED) is 0.836. The van der Waals surface area contributed by atoms with Crippen LogP contribution >= 0.6 is 0 Å². The topological polar surface area (TPSA) is 97.5 Å². The van der Waals surface area contributed by atoms with Gasteiger partial charge in [-0.05, 0) is 31.9 Å². The van der Waals surface area contributed by atoms with E-state index in [4.69, 9.17) is 5.73 Å². The minimum Gasteiger partial charge on any atom is -0.368 e. The number of carbonyl (C=O) groups excluding carboxylic acids is 2. The van der Waals surface area contributed by atoms with Crippen LogP contribution in [-0.2, 0) is 14.8 Å². The lowest BCUT2D eigenvalue weighted by molar-refractivity contribution is -0.122. The number of benzene rings is 1. The molecule has 6 nitrogen and oxygen atoms in total. The second-order valence-electron chi connectivity index (χ2n) is 5.11. The summed E-state index contributed by atoms with van der Waals surface area (Å²) in [6, 6.07) is 4.92. The molecule has 2 N–H and O–H groups in total. The van der Waals surface area contributed by atoms with Crippen molar-refractivity contribution in [1.29, 1.82) is 0 Å². The van der Waals surface area contributed by atoms with Gasteiger partial charge in [-0.3, -0.25) is 9.59 Å². The van der Waals surface area contributed by atoms with Crippen molar-refractivity contribution >= 4 is 21.7 Å². The van der Waals surface area contributed by atoms with Gasteiger partial charge in [-0.1, -0.05) is 18.6 Å². The largest absolute Gasteiger partial charge is 0.368 e. The third-order valence-corrected chi connectivity index (χ3v) is 5.57. The number of carbonyl (C=O) groups is 2. The highest BCUT2D eigenvalue weighted by Crippen LogP contribution is 2.25. The number of rotatable bonds is 4. The fourth-order valence-electron chi connectivity index (χ4n) is 2.47. The maximum absolute atomic E-state index is 12.6. The number of hydrogen-bond acceptors (Lipinski definition) is 4. The molecule has 1 saturated heterocycles. The number of amides is 1. The van der Waals surface area contributed by atoms with E-state index in [9.17, 15) is 18.0 Å². The van der Waals surface area contributed by atoms with Crippen molar-refractivity contribution in [2.24, 2.45) is 5.73 Å². The normalized spacial score (nSPS) is 20.1. The molecule has 0 aliphatic carbocycles. The molecule has 1 heterocycles. The Kier molecular flexibility index (Phi) is 4.43. The summed E-state index contributed by atoms with van der Waals surface area (Å²) in [6.07, 6.45) is 1.93. The molecule has 0 radical (unpaired) electrons. The molecular formula is C14H18N2O4S. The van der Waals surface area contributed by atoms with Crippen LogP contribution in [0.3, 0.4) is 0 Å². The Morgan fingerprint density at radius 3 is 2.33 bits per heavy atom. The molecule has 114 valence electrons. The van der Waals surface area contributed by atoms with Crippen molar-refractivity contribution in [3.8, 4) is 0 Å². The van der Waals surface area contributed by atoms with Gasteiger partial charge in [-0.15, -0.1) is 0 Å². The van der Waals surface area contributed by atoms with Gasteiger partial charge in [0.1, 0.15) is 6.04 Å². The maximum atomic E-state index is 12.6. The van der Waals surface area contributed by atoms with Gasteiger partial charge in [0.2, 0.25) is 15.9 Å². The minimum atomic E-state index is -3.78. The first kappa shape index (κ1) is 15.7. The highest BCUT2D eigenvalue weighted by atomic mass is 32.2. The second kappa shape index (κ2) is 5.95. The Morgan fingerprint density at radius 2 is 1.81 bits per heavy atom. The maximum Gasteiger partial charge on any atom is 0.243 e. The van der Waals surface area contributed by atoms with E-state index in [0.29, 0.717) is 18.4 Å². The van der Waals surface area contributed by atoms with Crippen molar-refractivity contribution in [1.82, 2.24) is 4.31 Å². The Hall–Kier alpha value is -1.73. The summed E-state index contributed by atoms with van der Waals surface area (Å²) in [5.41, 5.74) is 5.75. The number of nitrogens with zero attached hydrogens (tertiary/aromatic N) is 1. The average molecular weight is 310 g/mol. The number of piperidine rings is 1. The Labute approximate surface area is 124 Å². The van der Waals surface area contributed by atoms with E-state index < -0.39 is 22.0 Å². The predicted molar refractivity (Wildman–Crippen MR) is 77.2 cm³/mol. The standard InChI is InChI=1S/C14H18N2O4S/c1-10(17)11-5-7-12(8-6-11)21(19,20)16-9-3-2-4-13(16)14(15)18/h5-8,13H,2-4,9H2,1H3,(H2,15,18). The summed E-state index contributed by atoms with van der Waals surface area (Å²) >= 11 is 0. The third-order valence-electron chi connectivity index (χ3n) is 3.65. The van der Waals surface area contributed by atoms with Crippen LogP contribution in [0, 0.1) is 0 Å². The van der Waals surface area contributed by atoms with Gasteiger partial charge in [0, 0.05) is 12.1 Å². The summed E-state index contributed by atoms with van der Waals surface area (Å²) < 4.78 is 26.4. The van der Waals surface area contributed by atoms with Crippen LogP contribution in [0.2, 0.25) is 0 Å². The lowest BCUT2D eigenvalue weighted by Crippen LogP contribution is -2.50. The van der Waals surface area contributed by atoms with Gasteiger partial charge in [-0.25, -0.2) is 8.42 Å². The first-order chi connectivity index (χ1) is 9.84. The molecule has 1 aromatic rings. The van der Waals surface area contributed by atoms with Crippen LogP contribution in [0.4, 0.5) is 0 Å². The summed E-state index contributed by atoms with van der Waals surface area (Å²) in [5.74, 6) is -0.759. The van der Waals surface area contributed by atoms with Crippen LogP contribution in [0.25, 0.3) is 0 Å². The first-order valence-electron chi connectivity index (χ1n) is 6.76. The molecule has 2 rings (SSSR count). The average Bonchev–Trinajstić information content (AvgIpc) is 2.47. The second-order valence-corrected chi connectivity index (χ2v) is 7.00. The van der Waals surface area contributed by atoms with E-state index in [2.05, 4.69) is 0 Å². The molecule has 1 aliphatic heterocycles. The van der Waals surface area contributed by atoms with Gasteiger partial charge in [0.25, 0.3) is 0 Å². The van der Waals surface area contributed by atoms with Crippen LogP contribution < -0.4 is 5.73 Å². The molecule has 0 saturated carbocycles. The summed E-state index contributed by atoms with van der Waals surface area (Å²) in [5, 5.41) is 0. The SMILES string of the molecule is CC(=O)c1ccc(S(=O)(=O)N2CCCCC2C(N)=O)cc1. The molecule has 1 amide bonds. The van der Waals surface area contributed by atoms with Crippen LogP contribution in [0.5, 0.6) is 0 Å². The number of Topliss-reactive ketones (excluding diaryl/α,β-unsaturated/α-hetero) is 1. The predicted octanol–water partition coefficient (Wildman–Crippen LogP) is 0.918. The molecular weight excluding hydrogens is 292 g/mol. The van der Waals surface area contributed by atoms with Crippen LogP contribution in [0.15, 0.2) is 29.2 Å². The molecule has 1 fully saturated rings. The van der Waals surface area contributed by atoms with Crippen molar-refractivity contribution in [2.45, 2.75) is 37.1 Å². The Bertz CT molecular complexity index is 652. The number of nitrogens with two attached hydrogens (primary N) is 1. The molecule has 1 atom stereocenters. The molecule has 1 unspecified atom stereocenters. The lowest BCUT2D eigenvalue weighted by atomic mass is 10.0. The van der Waals surface area contributed by atoms with Crippen molar-refractivity contribution in [3.05, 3.63) is 29.8 Å². The molecule has 0 bridgehead atoms. The van der Waals surface area contributed by atoms with E-state index in [1.165, 1.54) is 35.5 Å². The molecule has 0 aromatic heterocycles. The van der Waals surface area contributed by atoms with Crippen LogP contribution in [-0.4, -0.2) is 37.0 Å². The Morgan fingerprint density at radius 1 is 1.19 bits per heavy atom. The van der Waals surface area contributed by atoms with Gasteiger partial charge in [-0.2, -0.15) is 4.31 Å². The van der Waals surface area contributed by atoms with Crippen molar-refractivity contribution < 1.29 is 18.0 Å². The zero-order valence-electron chi connectivity index (χ0n) is 11.8. The fraction of sp³-hybridized carbons (Fsp3) is 0.429. The summed E-state index contributed by atoms with van der Waals surface area (Å²) in [7, 11) is -3.78. The lowest BCUT2D eigenvalue weighted by Gasteiger charge is -2.32. The van der Waals surface area contributed by atoms with Gasteiger partial charge in [0.15, 0.2) is 5.78 Å².